The van der Waals surface area contributed by atoms with Crippen LogP contribution in [0.5, 0.6) is 0 Å². The van der Waals surface area contributed by atoms with Gasteiger partial charge in [0.2, 0.25) is 5.91 Å². The van der Waals surface area contributed by atoms with Crippen LogP contribution < -0.4 is 0 Å². The van der Waals surface area contributed by atoms with Gasteiger partial charge in [0.1, 0.15) is 0 Å². The molecule has 3 rings (SSSR count). The van der Waals surface area contributed by atoms with E-state index in [1.165, 1.54) is 11.1 Å². The largest absolute Gasteiger partial charge is 0.334 e. The van der Waals surface area contributed by atoms with E-state index in [2.05, 4.69) is 42.2 Å². The van der Waals surface area contributed by atoms with Crippen molar-refractivity contribution >= 4 is 5.91 Å². The molecule has 17 heavy (non-hydrogen) atoms. The Balaban J connectivity index is 2.13. The third-order valence-electron chi connectivity index (χ3n) is 3.94. The Morgan fingerprint density at radius 2 is 2.18 bits per heavy atom. The maximum absolute atomic E-state index is 12.1. The highest BCUT2D eigenvalue weighted by molar-refractivity contribution is 5.79. The zero-order valence-electron chi connectivity index (χ0n) is 10.1. The summed E-state index contributed by atoms with van der Waals surface area (Å²) in [6.45, 7) is 2.96. The summed E-state index contributed by atoms with van der Waals surface area (Å²) in [6.07, 6.45) is 5.85. The first kappa shape index (κ1) is 10.6. The molecule has 0 saturated heterocycles. The van der Waals surface area contributed by atoms with Crippen molar-refractivity contribution in [3.05, 3.63) is 47.5 Å². The second-order valence-corrected chi connectivity index (χ2v) is 4.85. The van der Waals surface area contributed by atoms with E-state index >= 15 is 0 Å². The second-order valence-electron chi connectivity index (χ2n) is 4.85. The first-order valence-corrected chi connectivity index (χ1v) is 6.35. The van der Waals surface area contributed by atoms with Gasteiger partial charge in [-0.3, -0.25) is 4.79 Å². The molecule has 0 saturated carbocycles. The van der Waals surface area contributed by atoms with Gasteiger partial charge in [-0.05, 0) is 17.5 Å². The molecule has 88 valence electrons. The van der Waals surface area contributed by atoms with E-state index in [9.17, 15) is 4.79 Å². The lowest BCUT2D eigenvalue weighted by Gasteiger charge is -2.40. The fraction of sp³-hybridized carbons (Fsp3) is 0.400. The standard InChI is InChI=1S/C15H17NO/c1-2-14-13-8-5-9-15(17)16(14)10-11-6-3-4-7-12(11)13/h3-8,13-14H,2,9-10H2,1H3/t13-,14-/m0/s1. The van der Waals surface area contributed by atoms with Crippen LogP contribution in [0.1, 0.15) is 36.8 Å². The molecule has 1 amide bonds. The zero-order valence-corrected chi connectivity index (χ0v) is 10.1. The number of fused-ring (bicyclic) bond motifs is 4. The lowest BCUT2D eigenvalue weighted by atomic mass is 9.82. The minimum absolute atomic E-state index is 0.269. The normalized spacial score (nSPS) is 26.6. The Morgan fingerprint density at radius 1 is 1.35 bits per heavy atom. The van der Waals surface area contributed by atoms with Gasteiger partial charge < -0.3 is 4.90 Å². The number of amides is 1. The van der Waals surface area contributed by atoms with Gasteiger partial charge >= 0.3 is 0 Å². The summed E-state index contributed by atoms with van der Waals surface area (Å²) >= 11 is 0. The highest BCUT2D eigenvalue weighted by Gasteiger charge is 2.35. The van der Waals surface area contributed by atoms with Crippen molar-refractivity contribution in [1.29, 1.82) is 0 Å². The molecule has 0 aromatic heterocycles. The van der Waals surface area contributed by atoms with Crippen molar-refractivity contribution in [2.75, 3.05) is 0 Å². The first-order valence-electron chi connectivity index (χ1n) is 6.35. The molecule has 2 heterocycles. The maximum atomic E-state index is 12.1. The Bertz CT molecular complexity index is 478. The summed E-state index contributed by atoms with van der Waals surface area (Å²) in [6, 6.07) is 8.86. The topological polar surface area (TPSA) is 20.3 Å². The molecule has 0 N–H and O–H groups in total. The van der Waals surface area contributed by atoms with Crippen LogP contribution in [0, 0.1) is 0 Å². The molecule has 1 aromatic carbocycles. The molecule has 0 fully saturated rings. The molecular weight excluding hydrogens is 210 g/mol. The molecule has 2 heteroatoms. The molecule has 1 aromatic rings. The van der Waals surface area contributed by atoms with Crippen LogP contribution in [0.2, 0.25) is 0 Å². The summed E-state index contributed by atoms with van der Waals surface area (Å²) in [7, 11) is 0. The molecule has 0 aliphatic carbocycles. The van der Waals surface area contributed by atoms with Crippen LogP contribution in [0.4, 0.5) is 0 Å². The fourth-order valence-electron chi connectivity index (χ4n) is 3.12. The van der Waals surface area contributed by atoms with Gasteiger partial charge in [0.25, 0.3) is 0 Å². The number of carbonyl (C=O) groups is 1. The lowest BCUT2D eigenvalue weighted by molar-refractivity contribution is -0.133. The van der Waals surface area contributed by atoms with Crippen LogP contribution in [-0.4, -0.2) is 16.8 Å². The van der Waals surface area contributed by atoms with Crippen LogP contribution in [0.25, 0.3) is 0 Å². The number of benzene rings is 1. The molecule has 0 unspecified atom stereocenters. The Morgan fingerprint density at radius 3 is 3.00 bits per heavy atom. The smallest absolute Gasteiger partial charge is 0.226 e. The minimum atomic E-state index is 0.269. The quantitative estimate of drug-likeness (QED) is 0.676. The molecule has 0 radical (unpaired) electrons. The van der Waals surface area contributed by atoms with Gasteiger partial charge in [0.05, 0.1) is 0 Å². The Kier molecular flexibility index (Phi) is 2.50. The Labute approximate surface area is 102 Å². The number of hydrogen-bond donors (Lipinski definition) is 0. The average molecular weight is 227 g/mol. The average Bonchev–Trinajstić information content (AvgIpc) is 2.47. The molecular formula is C15H17NO. The van der Waals surface area contributed by atoms with Crippen LogP contribution in [0.15, 0.2) is 36.4 Å². The SMILES string of the molecule is CC[C@H]1[C@H]2C=CCC(=O)N1Cc1ccccc12. The first-order chi connectivity index (χ1) is 8.31. The van der Waals surface area contributed by atoms with Gasteiger partial charge in [-0.25, -0.2) is 0 Å². The third kappa shape index (κ3) is 1.59. The third-order valence-corrected chi connectivity index (χ3v) is 3.94. The number of carbonyl (C=O) groups excluding carboxylic acids is 1. The van der Waals surface area contributed by atoms with Gasteiger partial charge in [0.15, 0.2) is 0 Å². The number of hydrogen-bond acceptors (Lipinski definition) is 1. The summed E-state index contributed by atoms with van der Waals surface area (Å²) in [5.74, 6) is 0.654. The van der Waals surface area contributed by atoms with Crippen LogP contribution in [-0.2, 0) is 11.3 Å². The molecule has 0 spiro atoms. The maximum Gasteiger partial charge on any atom is 0.226 e. The minimum Gasteiger partial charge on any atom is -0.334 e. The summed E-state index contributed by atoms with van der Waals surface area (Å²) in [5, 5.41) is 0. The predicted octanol–water partition coefficient (Wildman–Crippen LogP) is 2.85. The predicted molar refractivity (Wildman–Crippen MR) is 67.6 cm³/mol. The van der Waals surface area contributed by atoms with Crippen LogP contribution >= 0.6 is 0 Å². The Hall–Kier alpha value is -1.57. The van der Waals surface area contributed by atoms with E-state index < -0.39 is 0 Å². The summed E-state index contributed by atoms with van der Waals surface area (Å²) in [5.41, 5.74) is 2.71. The fourth-order valence-corrected chi connectivity index (χ4v) is 3.12. The number of rotatable bonds is 1. The van der Waals surface area contributed by atoms with Crippen LogP contribution in [0.3, 0.4) is 0 Å². The van der Waals surface area contributed by atoms with Crippen molar-refractivity contribution in [2.45, 2.75) is 38.3 Å². The monoisotopic (exact) mass is 227 g/mol. The second kappa shape index (κ2) is 4.02. The van der Waals surface area contributed by atoms with Gasteiger partial charge in [0, 0.05) is 24.9 Å². The van der Waals surface area contributed by atoms with E-state index in [1.54, 1.807) is 0 Å². The van der Waals surface area contributed by atoms with Gasteiger partial charge in [-0.15, -0.1) is 0 Å². The van der Waals surface area contributed by atoms with Crippen molar-refractivity contribution in [1.82, 2.24) is 4.90 Å². The van der Waals surface area contributed by atoms with E-state index in [-0.39, 0.29) is 5.91 Å². The van der Waals surface area contributed by atoms with Crippen molar-refractivity contribution in [2.24, 2.45) is 0 Å². The molecule has 2 nitrogen and oxygen atoms in total. The van der Waals surface area contributed by atoms with E-state index in [0.717, 1.165) is 13.0 Å². The number of nitrogens with zero attached hydrogens (tertiary/aromatic N) is 1. The highest BCUT2D eigenvalue weighted by Crippen LogP contribution is 2.37. The van der Waals surface area contributed by atoms with E-state index in [1.807, 2.05) is 6.08 Å². The van der Waals surface area contributed by atoms with Crippen molar-refractivity contribution in [3.8, 4) is 0 Å². The molecule has 2 aliphatic rings. The van der Waals surface area contributed by atoms with E-state index in [4.69, 9.17) is 0 Å². The molecule has 2 bridgehead atoms. The van der Waals surface area contributed by atoms with E-state index in [0.29, 0.717) is 18.4 Å². The van der Waals surface area contributed by atoms with Gasteiger partial charge in [-0.2, -0.15) is 0 Å². The lowest BCUT2D eigenvalue weighted by Crippen LogP contribution is -2.44. The summed E-state index contributed by atoms with van der Waals surface area (Å²) in [4.78, 5) is 14.1. The molecule has 2 aliphatic heterocycles. The highest BCUT2D eigenvalue weighted by atomic mass is 16.2. The van der Waals surface area contributed by atoms with Crippen molar-refractivity contribution in [3.63, 3.8) is 0 Å². The van der Waals surface area contributed by atoms with Crippen molar-refractivity contribution < 1.29 is 4.79 Å². The summed E-state index contributed by atoms with van der Waals surface area (Å²) < 4.78 is 0. The molecule has 2 atom stereocenters. The van der Waals surface area contributed by atoms with Gasteiger partial charge in [-0.1, -0.05) is 43.3 Å². The zero-order chi connectivity index (χ0) is 11.8.